The first kappa shape index (κ1) is 16.7. The number of aliphatic imine (C=N–C) groups is 1. The van der Waals surface area contributed by atoms with Crippen molar-refractivity contribution in [2.45, 2.75) is 50.1 Å². The molecule has 2 aliphatic carbocycles. The van der Waals surface area contributed by atoms with Crippen molar-refractivity contribution in [1.82, 2.24) is 10.2 Å². The van der Waals surface area contributed by atoms with Crippen LogP contribution in [-0.4, -0.2) is 53.6 Å². The predicted molar refractivity (Wildman–Crippen MR) is 98.2 cm³/mol. The van der Waals surface area contributed by atoms with Crippen LogP contribution in [-0.2, 0) is 0 Å². The minimum absolute atomic E-state index is 0. The fourth-order valence-electron chi connectivity index (χ4n) is 3.36. The van der Waals surface area contributed by atoms with E-state index in [2.05, 4.69) is 27.0 Å². The fourth-order valence-corrected chi connectivity index (χ4v) is 4.26. The number of nitrogens with zero attached hydrogens (tertiary/aromatic N) is 2. The Kier molecular flexibility index (Phi) is 6.28. The van der Waals surface area contributed by atoms with Crippen molar-refractivity contribution in [3.05, 3.63) is 0 Å². The highest BCUT2D eigenvalue weighted by atomic mass is 127. The standard InChI is InChI=1S/C14H26N4S.HI/c15-13(17-12-3-4-12)16-11-14(5-1-2-6-14)18-7-9-19-10-8-18;/h12H,1-11H2,(H3,15,16,17);1H. The number of thioether (sulfide) groups is 1. The van der Waals surface area contributed by atoms with Crippen molar-refractivity contribution < 1.29 is 0 Å². The van der Waals surface area contributed by atoms with Crippen molar-refractivity contribution in [1.29, 1.82) is 0 Å². The number of hydrogen-bond donors (Lipinski definition) is 2. The van der Waals surface area contributed by atoms with Crippen molar-refractivity contribution in [2.24, 2.45) is 10.7 Å². The second-order valence-corrected chi connectivity index (χ2v) is 7.38. The Bertz CT molecular complexity index is 334. The van der Waals surface area contributed by atoms with Crippen LogP contribution in [0.5, 0.6) is 0 Å². The lowest BCUT2D eigenvalue weighted by Crippen LogP contribution is -2.53. The molecule has 3 aliphatic rings. The van der Waals surface area contributed by atoms with Crippen molar-refractivity contribution in [2.75, 3.05) is 31.1 Å². The molecule has 0 atom stereocenters. The molecule has 0 spiro atoms. The van der Waals surface area contributed by atoms with E-state index in [9.17, 15) is 0 Å². The summed E-state index contributed by atoms with van der Waals surface area (Å²) in [6.07, 6.45) is 7.83. The molecule has 116 valence electrons. The van der Waals surface area contributed by atoms with Gasteiger partial charge in [0, 0.05) is 36.2 Å². The van der Waals surface area contributed by atoms with Crippen LogP contribution in [0.3, 0.4) is 0 Å². The molecule has 3 fully saturated rings. The Hall–Kier alpha value is 0.310. The third-order valence-electron chi connectivity index (χ3n) is 4.69. The summed E-state index contributed by atoms with van der Waals surface area (Å²) < 4.78 is 0. The monoisotopic (exact) mass is 410 g/mol. The van der Waals surface area contributed by atoms with Crippen LogP contribution >= 0.6 is 35.7 Å². The lowest BCUT2D eigenvalue weighted by Gasteiger charge is -2.42. The van der Waals surface area contributed by atoms with E-state index in [4.69, 9.17) is 5.73 Å². The van der Waals surface area contributed by atoms with Gasteiger partial charge in [-0.1, -0.05) is 12.8 Å². The molecule has 0 aromatic heterocycles. The summed E-state index contributed by atoms with van der Waals surface area (Å²) in [5.41, 5.74) is 6.31. The summed E-state index contributed by atoms with van der Waals surface area (Å²) in [6.45, 7) is 3.36. The molecule has 1 heterocycles. The molecule has 1 aliphatic heterocycles. The fraction of sp³-hybridized carbons (Fsp3) is 0.929. The van der Waals surface area contributed by atoms with Gasteiger partial charge in [0.1, 0.15) is 0 Å². The highest BCUT2D eigenvalue weighted by Crippen LogP contribution is 2.37. The van der Waals surface area contributed by atoms with Gasteiger partial charge in [-0.05, 0) is 25.7 Å². The van der Waals surface area contributed by atoms with E-state index in [0.29, 0.717) is 17.5 Å². The van der Waals surface area contributed by atoms with E-state index in [1.165, 1.54) is 63.1 Å². The Morgan fingerprint density at radius 1 is 1.25 bits per heavy atom. The molecule has 0 unspecified atom stereocenters. The van der Waals surface area contributed by atoms with Gasteiger partial charge in [0.15, 0.2) is 5.96 Å². The highest BCUT2D eigenvalue weighted by Gasteiger charge is 2.39. The summed E-state index contributed by atoms with van der Waals surface area (Å²) >= 11 is 2.08. The Morgan fingerprint density at radius 2 is 1.90 bits per heavy atom. The van der Waals surface area contributed by atoms with Crippen molar-refractivity contribution in [3.63, 3.8) is 0 Å². The Morgan fingerprint density at radius 3 is 2.50 bits per heavy atom. The molecule has 0 radical (unpaired) electrons. The largest absolute Gasteiger partial charge is 0.370 e. The third-order valence-corrected chi connectivity index (χ3v) is 5.63. The number of nitrogens with one attached hydrogen (secondary N) is 1. The van der Waals surface area contributed by atoms with Crippen LogP contribution in [0.4, 0.5) is 0 Å². The van der Waals surface area contributed by atoms with Crippen LogP contribution in [0.2, 0.25) is 0 Å². The number of halogens is 1. The molecule has 0 aromatic carbocycles. The maximum Gasteiger partial charge on any atom is 0.188 e. The molecule has 1 saturated heterocycles. The zero-order valence-corrected chi connectivity index (χ0v) is 15.3. The van der Waals surface area contributed by atoms with Crippen molar-refractivity contribution >= 4 is 41.7 Å². The molecule has 0 aromatic rings. The molecule has 0 bridgehead atoms. The Balaban J connectivity index is 0.00000147. The number of guanidine groups is 1. The van der Waals surface area contributed by atoms with Crippen LogP contribution < -0.4 is 11.1 Å². The van der Waals surface area contributed by atoms with Crippen LogP contribution in [0.15, 0.2) is 4.99 Å². The van der Waals surface area contributed by atoms with E-state index < -0.39 is 0 Å². The van der Waals surface area contributed by atoms with Gasteiger partial charge in [0.2, 0.25) is 0 Å². The van der Waals surface area contributed by atoms with E-state index in [1.54, 1.807) is 0 Å². The van der Waals surface area contributed by atoms with Gasteiger partial charge in [-0.2, -0.15) is 11.8 Å². The summed E-state index contributed by atoms with van der Waals surface area (Å²) in [4.78, 5) is 7.37. The molecule has 6 heteroatoms. The first-order chi connectivity index (χ1) is 9.28. The van der Waals surface area contributed by atoms with Gasteiger partial charge >= 0.3 is 0 Å². The maximum atomic E-state index is 6.00. The number of hydrogen-bond acceptors (Lipinski definition) is 3. The number of rotatable bonds is 4. The summed E-state index contributed by atoms with van der Waals surface area (Å²) in [5.74, 6) is 3.22. The third kappa shape index (κ3) is 4.16. The average molecular weight is 410 g/mol. The second-order valence-electron chi connectivity index (χ2n) is 6.15. The zero-order chi connectivity index (χ0) is 13.1. The van der Waals surface area contributed by atoms with Gasteiger partial charge < -0.3 is 11.1 Å². The first-order valence-electron chi connectivity index (χ1n) is 7.68. The molecular weight excluding hydrogens is 383 g/mol. The first-order valence-corrected chi connectivity index (χ1v) is 8.83. The normalized spacial score (nSPS) is 27.1. The van der Waals surface area contributed by atoms with Crippen molar-refractivity contribution in [3.8, 4) is 0 Å². The quantitative estimate of drug-likeness (QED) is 0.423. The van der Waals surface area contributed by atoms with E-state index in [1.807, 2.05) is 0 Å². The van der Waals surface area contributed by atoms with E-state index in [-0.39, 0.29) is 24.0 Å². The smallest absolute Gasteiger partial charge is 0.188 e. The lowest BCUT2D eigenvalue weighted by atomic mass is 9.95. The lowest BCUT2D eigenvalue weighted by molar-refractivity contribution is 0.112. The van der Waals surface area contributed by atoms with Gasteiger partial charge in [0.05, 0.1) is 6.54 Å². The minimum Gasteiger partial charge on any atom is -0.370 e. The van der Waals surface area contributed by atoms with Gasteiger partial charge in [0.25, 0.3) is 0 Å². The molecule has 4 nitrogen and oxygen atoms in total. The van der Waals surface area contributed by atoms with E-state index in [0.717, 1.165) is 6.54 Å². The topological polar surface area (TPSA) is 53.6 Å². The van der Waals surface area contributed by atoms with Crippen LogP contribution in [0.25, 0.3) is 0 Å². The minimum atomic E-state index is 0. The molecule has 20 heavy (non-hydrogen) atoms. The highest BCUT2D eigenvalue weighted by molar-refractivity contribution is 14.0. The number of nitrogens with two attached hydrogens (primary N) is 1. The van der Waals surface area contributed by atoms with Gasteiger partial charge in [-0.15, -0.1) is 24.0 Å². The maximum absolute atomic E-state index is 6.00. The summed E-state index contributed by atoms with van der Waals surface area (Å²) in [5, 5.41) is 3.30. The van der Waals surface area contributed by atoms with Gasteiger partial charge in [-0.3, -0.25) is 9.89 Å². The SMILES string of the molecule is I.NC(=NCC1(N2CCSCC2)CCCC1)NC1CC1. The van der Waals surface area contributed by atoms with Gasteiger partial charge in [-0.25, -0.2) is 0 Å². The molecule has 2 saturated carbocycles. The van der Waals surface area contributed by atoms with Crippen LogP contribution in [0.1, 0.15) is 38.5 Å². The zero-order valence-electron chi connectivity index (χ0n) is 12.1. The molecule has 3 N–H and O–H groups in total. The predicted octanol–water partition coefficient (Wildman–Crippen LogP) is 2.03. The molecular formula is C14H27IN4S. The molecule has 0 amide bonds. The molecule has 3 rings (SSSR count). The van der Waals surface area contributed by atoms with E-state index >= 15 is 0 Å². The Labute approximate surface area is 143 Å². The summed E-state index contributed by atoms with van der Waals surface area (Å²) in [7, 11) is 0. The average Bonchev–Trinajstić information content (AvgIpc) is 3.12. The summed E-state index contributed by atoms with van der Waals surface area (Å²) in [6, 6.07) is 0.606. The second kappa shape index (κ2) is 7.54. The van der Waals surface area contributed by atoms with Crippen LogP contribution in [0, 0.1) is 0 Å².